The lowest BCUT2D eigenvalue weighted by atomic mass is 10.1. The minimum absolute atomic E-state index is 0.0220. The molecule has 2 N–H and O–H groups in total. The molecule has 1 aliphatic heterocycles. The van der Waals surface area contributed by atoms with Crippen molar-refractivity contribution in [1.82, 2.24) is 5.32 Å². The Labute approximate surface area is 127 Å². The predicted molar refractivity (Wildman–Crippen MR) is 84.8 cm³/mol. The van der Waals surface area contributed by atoms with Crippen LogP contribution in [0, 0.1) is 5.92 Å². The monoisotopic (exact) mass is 342 g/mol. The highest BCUT2D eigenvalue weighted by Crippen LogP contribution is 2.39. The summed E-state index contributed by atoms with van der Waals surface area (Å²) in [6.07, 6.45) is 1.19. The zero-order valence-electron chi connectivity index (χ0n) is 11.4. The van der Waals surface area contributed by atoms with Crippen molar-refractivity contribution in [2.24, 2.45) is 5.92 Å². The highest BCUT2D eigenvalue weighted by atomic mass is 79.9. The Morgan fingerprint density at radius 3 is 2.84 bits per heavy atom. The van der Waals surface area contributed by atoms with Gasteiger partial charge < -0.3 is 10.6 Å². The number of hydrogen-bond donors (Lipinski definition) is 2. The second-order valence-electron chi connectivity index (χ2n) is 5.11. The topological polar surface area (TPSA) is 41.1 Å². The number of halogens is 1. The minimum atomic E-state index is -0.235. The molecule has 0 aromatic heterocycles. The molecule has 0 aliphatic carbocycles. The van der Waals surface area contributed by atoms with Gasteiger partial charge in [-0.25, -0.2) is 0 Å². The molecule has 19 heavy (non-hydrogen) atoms. The van der Waals surface area contributed by atoms with Gasteiger partial charge in [-0.1, -0.05) is 13.8 Å². The molecule has 0 saturated heterocycles. The molecule has 0 radical (unpaired) electrons. The van der Waals surface area contributed by atoms with Gasteiger partial charge in [0, 0.05) is 20.6 Å². The number of thioether (sulfide) groups is 1. The first-order valence-corrected chi connectivity index (χ1v) is 8.25. The maximum atomic E-state index is 11.8. The molecule has 1 amide bonds. The van der Waals surface area contributed by atoms with Crippen LogP contribution in [0.25, 0.3) is 0 Å². The molecule has 1 aromatic rings. The summed E-state index contributed by atoms with van der Waals surface area (Å²) in [5.74, 6) is 1.83. The molecule has 1 aromatic carbocycles. The molecule has 1 unspecified atom stereocenters. The molecule has 0 spiro atoms. The van der Waals surface area contributed by atoms with Crippen LogP contribution in [0.15, 0.2) is 21.5 Å². The van der Waals surface area contributed by atoms with Crippen molar-refractivity contribution in [1.29, 1.82) is 0 Å². The lowest BCUT2D eigenvalue weighted by Gasteiger charge is -2.10. The third-order valence-electron chi connectivity index (χ3n) is 3.18. The zero-order chi connectivity index (χ0) is 14.0. The van der Waals surface area contributed by atoms with Crippen molar-refractivity contribution in [2.45, 2.75) is 31.2 Å². The van der Waals surface area contributed by atoms with Crippen LogP contribution in [-0.4, -0.2) is 18.7 Å². The molecule has 0 bridgehead atoms. The van der Waals surface area contributed by atoms with E-state index in [2.05, 4.69) is 46.5 Å². The largest absolute Gasteiger partial charge is 0.324 e. The van der Waals surface area contributed by atoms with Crippen LogP contribution in [0.4, 0.5) is 5.69 Å². The van der Waals surface area contributed by atoms with E-state index in [0.29, 0.717) is 5.92 Å². The van der Waals surface area contributed by atoms with Crippen molar-refractivity contribution in [3.05, 3.63) is 22.2 Å². The van der Waals surface area contributed by atoms with E-state index in [1.807, 2.05) is 17.8 Å². The van der Waals surface area contributed by atoms with Gasteiger partial charge in [0.15, 0.2) is 0 Å². The Kier molecular flexibility index (Phi) is 4.92. The van der Waals surface area contributed by atoms with Gasteiger partial charge in [0.05, 0.1) is 0 Å². The molecule has 104 valence electrons. The molecular formula is C14H19BrN2OS. The molecule has 1 heterocycles. The van der Waals surface area contributed by atoms with E-state index in [-0.39, 0.29) is 11.9 Å². The van der Waals surface area contributed by atoms with Crippen LogP contribution in [0.2, 0.25) is 0 Å². The van der Waals surface area contributed by atoms with Crippen molar-refractivity contribution in [3.8, 4) is 0 Å². The number of nitrogens with one attached hydrogen (secondary N) is 2. The van der Waals surface area contributed by atoms with E-state index in [1.54, 1.807) is 7.05 Å². The number of anilines is 1. The smallest absolute Gasteiger partial charge is 0.246 e. The quantitative estimate of drug-likeness (QED) is 0.799. The Morgan fingerprint density at radius 2 is 2.21 bits per heavy atom. The van der Waals surface area contributed by atoms with E-state index in [9.17, 15) is 4.79 Å². The van der Waals surface area contributed by atoms with E-state index >= 15 is 0 Å². The molecule has 5 heteroatoms. The maximum absolute atomic E-state index is 11.8. The van der Waals surface area contributed by atoms with Crippen LogP contribution >= 0.6 is 27.7 Å². The van der Waals surface area contributed by atoms with Crippen molar-refractivity contribution in [2.75, 3.05) is 18.1 Å². The summed E-state index contributed by atoms with van der Waals surface area (Å²) in [5.41, 5.74) is 1.95. The zero-order valence-corrected chi connectivity index (χ0v) is 13.8. The van der Waals surface area contributed by atoms with Crippen molar-refractivity contribution < 1.29 is 4.79 Å². The maximum Gasteiger partial charge on any atom is 0.246 e. The molecule has 1 aliphatic rings. The van der Waals surface area contributed by atoms with Gasteiger partial charge in [0.1, 0.15) is 6.04 Å². The standard InChI is InChI=1S/C14H19BrN2OS/c1-8(2)4-5-19-12-7-11-9(6-10(12)15)13(16-3)14(18)17-11/h6-8,13,16H,4-5H2,1-3H3,(H,17,18). The van der Waals surface area contributed by atoms with E-state index in [4.69, 9.17) is 0 Å². The Bertz CT molecular complexity index is 491. The summed E-state index contributed by atoms with van der Waals surface area (Å²) < 4.78 is 1.07. The highest BCUT2D eigenvalue weighted by Gasteiger charge is 2.30. The second-order valence-corrected chi connectivity index (χ2v) is 7.10. The first-order chi connectivity index (χ1) is 9.02. The third kappa shape index (κ3) is 3.33. The summed E-state index contributed by atoms with van der Waals surface area (Å²) in [7, 11) is 1.80. The molecule has 0 fully saturated rings. The summed E-state index contributed by atoms with van der Waals surface area (Å²) >= 11 is 5.44. The fourth-order valence-electron chi connectivity index (χ4n) is 2.06. The van der Waals surface area contributed by atoms with E-state index in [1.165, 1.54) is 11.3 Å². The fourth-order valence-corrected chi connectivity index (χ4v) is 3.98. The molecular weight excluding hydrogens is 324 g/mol. The first-order valence-electron chi connectivity index (χ1n) is 6.47. The SMILES string of the molecule is CNC1C(=O)Nc2cc(SCCC(C)C)c(Br)cc21. The van der Waals surface area contributed by atoms with Gasteiger partial charge >= 0.3 is 0 Å². The van der Waals surface area contributed by atoms with Gasteiger partial charge in [-0.3, -0.25) is 4.79 Å². The Morgan fingerprint density at radius 1 is 1.47 bits per heavy atom. The number of carbonyl (C=O) groups excluding carboxylic acids is 1. The number of fused-ring (bicyclic) bond motifs is 1. The average Bonchev–Trinajstić information content (AvgIpc) is 2.63. The summed E-state index contributed by atoms with van der Waals surface area (Å²) in [5, 5.41) is 5.96. The summed E-state index contributed by atoms with van der Waals surface area (Å²) in [4.78, 5) is 13.0. The number of hydrogen-bond acceptors (Lipinski definition) is 3. The third-order valence-corrected chi connectivity index (χ3v) is 5.18. The van der Waals surface area contributed by atoms with E-state index < -0.39 is 0 Å². The van der Waals surface area contributed by atoms with Gasteiger partial charge in [-0.05, 0) is 53.2 Å². The van der Waals surface area contributed by atoms with Gasteiger partial charge in [0.2, 0.25) is 5.91 Å². The number of benzene rings is 1. The molecule has 3 nitrogen and oxygen atoms in total. The van der Waals surface area contributed by atoms with Crippen LogP contribution < -0.4 is 10.6 Å². The van der Waals surface area contributed by atoms with Crippen LogP contribution in [0.5, 0.6) is 0 Å². The summed E-state index contributed by atoms with van der Waals surface area (Å²) in [6.45, 7) is 4.46. The highest BCUT2D eigenvalue weighted by molar-refractivity contribution is 9.10. The average molecular weight is 343 g/mol. The van der Waals surface area contributed by atoms with Crippen LogP contribution in [0.1, 0.15) is 31.9 Å². The first kappa shape index (κ1) is 14.9. The second kappa shape index (κ2) is 6.29. The minimum Gasteiger partial charge on any atom is -0.324 e. The summed E-state index contributed by atoms with van der Waals surface area (Å²) in [6, 6.07) is 3.88. The lowest BCUT2D eigenvalue weighted by molar-refractivity contribution is -0.117. The van der Waals surface area contributed by atoms with Gasteiger partial charge in [-0.2, -0.15) is 0 Å². The molecule has 2 rings (SSSR count). The predicted octanol–water partition coefficient (Wildman–Crippen LogP) is 3.80. The number of carbonyl (C=O) groups is 1. The van der Waals surface area contributed by atoms with Crippen LogP contribution in [0.3, 0.4) is 0 Å². The number of amides is 1. The fraction of sp³-hybridized carbons (Fsp3) is 0.500. The lowest BCUT2D eigenvalue weighted by Crippen LogP contribution is -2.23. The van der Waals surface area contributed by atoms with Gasteiger partial charge in [0.25, 0.3) is 0 Å². The van der Waals surface area contributed by atoms with E-state index in [0.717, 1.165) is 21.5 Å². The van der Waals surface area contributed by atoms with Crippen molar-refractivity contribution >= 4 is 39.3 Å². The number of rotatable bonds is 5. The number of likely N-dealkylation sites (N-methyl/N-ethyl adjacent to an activating group) is 1. The normalized spacial score (nSPS) is 17.7. The van der Waals surface area contributed by atoms with Crippen LogP contribution in [-0.2, 0) is 4.79 Å². The molecule has 1 atom stereocenters. The molecule has 0 saturated carbocycles. The van der Waals surface area contributed by atoms with Gasteiger partial charge in [-0.15, -0.1) is 11.8 Å². The van der Waals surface area contributed by atoms with Crippen molar-refractivity contribution in [3.63, 3.8) is 0 Å². The Balaban J connectivity index is 2.16. The Hall–Kier alpha value is -0.520.